The van der Waals surface area contributed by atoms with Crippen molar-refractivity contribution in [2.24, 2.45) is 0 Å². The van der Waals surface area contributed by atoms with Gasteiger partial charge in [0, 0.05) is 19.3 Å². The molecule has 6 heteroatoms. The van der Waals surface area contributed by atoms with Crippen LogP contribution < -0.4 is 11.1 Å². The van der Waals surface area contributed by atoms with E-state index in [4.69, 9.17) is 15.2 Å². The lowest BCUT2D eigenvalue weighted by molar-refractivity contribution is 0.0692. The van der Waals surface area contributed by atoms with E-state index >= 15 is 0 Å². The van der Waals surface area contributed by atoms with Gasteiger partial charge in [0.25, 0.3) is 5.91 Å². The Kier molecular flexibility index (Phi) is 6.24. The maximum atomic E-state index is 13.7. The molecule has 0 aliphatic rings. The van der Waals surface area contributed by atoms with Gasteiger partial charge in [-0.3, -0.25) is 4.79 Å². The van der Waals surface area contributed by atoms with Crippen LogP contribution in [0.2, 0.25) is 0 Å². The van der Waals surface area contributed by atoms with Crippen LogP contribution in [0.1, 0.15) is 15.9 Å². The molecular formula is C13H19FN2O3. The molecule has 1 aromatic rings. The van der Waals surface area contributed by atoms with Crippen LogP contribution in [0.3, 0.4) is 0 Å². The minimum absolute atomic E-state index is 0.0469. The maximum absolute atomic E-state index is 13.7. The minimum atomic E-state index is -0.549. The first-order chi connectivity index (χ1) is 9.06. The van der Waals surface area contributed by atoms with E-state index in [0.29, 0.717) is 37.6 Å². The molecule has 1 amide bonds. The molecule has 0 fully saturated rings. The highest BCUT2D eigenvalue weighted by atomic mass is 19.1. The summed E-state index contributed by atoms with van der Waals surface area (Å²) in [5.41, 5.74) is 6.25. The number of nitrogens with one attached hydrogen (secondary N) is 1. The van der Waals surface area contributed by atoms with E-state index in [0.717, 1.165) is 0 Å². The number of halogens is 1. The van der Waals surface area contributed by atoms with E-state index in [2.05, 4.69) is 5.32 Å². The Balaban J connectivity index is 2.46. The summed E-state index contributed by atoms with van der Waals surface area (Å²) in [5, 5.41) is 2.57. The number of nitrogens with two attached hydrogens (primary N) is 1. The number of rotatable bonds is 7. The molecule has 3 N–H and O–H groups in total. The van der Waals surface area contributed by atoms with Crippen molar-refractivity contribution in [3.8, 4) is 0 Å². The Morgan fingerprint density at radius 1 is 1.37 bits per heavy atom. The molecule has 0 radical (unpaired) electrons. The van der Waals surface area contributed by atoms with Crippen molar-refractivity contribution >= 4 is 11.6 Å². The third-order valence-electron chi connectivity index (χ3n) is 2.49. The monoisotopic (exact) mass is 270 g/mol. The van der Waals surface area contributed by atoms with Crippen LogP contribution in [-0.2, 0) is 9.47 Å². The minimum Gasteiger partial charge on any atom is -0.399 e. The normalized spacial score (nSPS) is 10.5. The first-order valence-electron chi connectivity index (χ1n) is 5.96. The Hall–Kier alpha value is -1.66. The zero-order valence-electron chi connectivity index (χ0n) is 11.2. The van der Waals surface area contributed by atoms with Crippen molar-refractivity contribution < 1.29 is 18.7 Å². The van der Waals surface area contributed by atoms with Crippen LogP contribution >= 0.6 is 0 Å². The quantitative estimate of drug-likeness (QED) is 0.575. The molecule has 1 rings (SSSR count). The number of carbonyl (C=O) groups is 1. The van der Waals surface area contributed by atoms with Gasteiger partial charge in [-0.1, -0.05) is 0 Å². The molecular weight excluding hydrogens is 251 g/mol. The van der Waals surface area contributed by atoms with Crippen molar-refractivity contribution in [1.29, 1.82) is 0 Å². The number of amides is 1. The summed E-state index contributed by atoms with van der Waals surface area (Å²) in [6.45, 7) is 3.17. The summed E-state index contributed by atoms with van der Waals surface area (Å²) in [4.78, 5) is 11.8. The molecule has 0 saturated carbocycles. The first kappa shape index (κ1) is 15.4. The number of hydrogen-bond acceptors (Lipinski definition) is 4. The molecule has 0 aliphatic heterocycles. The fraction of sp³-hybridized carbons (Fsp3) is 0.462. The summed E-state index contributed by atoms with van der Waals surface area (Å²) < 4.78 is 23.7. The second kappa shape index (κ2) is 7.70. The molecule has 5 nitrogen and oxygen atoms in total. The average Bonchev–Trinajstić information content (AvgIpc) is 2.37. The van der Waals surface area contributed by atoms with Gasteiger partial charge in [0.05, 0.1) is 25.4 Å². The fourth-order valence-corrected chi connectivity index (χ4v) is 1.54. The zero-order chi connectivity index (χ0) is 14.3. The smallest absolute Gasteiger partial charge is 0.254 e. The van der Waals surface area contributed by atoms with Gasteiger partial charge < -0.3 is 20.5 Å². The lowest BCUT2D eigenvalue weighted by Gasteiger charge is -2.09. The SMILES string of the molecule is COCCOCCNC(=O)c1cc(N)cc(C)c1F. The molecule has 0 bridgehead atoms. The van der Waals surface area contributed by atoms with E-state index in [1.807, 2.05) is 0 Å². The predicted octanol–water partition coefficient (Wildman–Crippen LogP) is 1.11. The van der Waals surface area contributed by atoms with E-state index < -0.39 is 11.7 Å². The van der Waals surface area contributed by atoms with Crippen molar-refractivity contribution in [2.45, 2.75) is 6.92 Å². The molecule has 106 valence electrons. The summed E-state index contributed by atoms with van der Waals surface area (Å²) in [7, 11) is 1.58. The second-order valence-corrected chi connectivity index (χ2v) is 4.06. The van der Waals surface area contributed by atoms with Crippen LogP contribution in [-0.4, -0.2) is 39.4 Å². The number of carbonyl (C=O) groups excluding carboxylic acids is 1. The molecule has 0 spiro atoms. The highest BCUT2D eigenvalue weighted by molar-refractivity contribution is 5.95. The molecule has 0 aromatic heterocycles. The maximum Gasteiger partial charge on any atom is 0.254 e. The van der Waals surface area contributed by atoms with Crippen molar-refractivity contribution in [3.63, 3.8) is 0 Å². The van der Waals surface area contributed by atoms with Crippen molar-refractivity contribution in [3.05, 3.63) is 29.1 Å². The topological polar surface area (TPSA) is 73.6 Å². The van der Waals surface area contributed by atoms with Gasteiger partial charge in [0.2, 0.25) is 0 Å². The van der Waals surface area contributed by atoms with Crippen LogP contribution in [0.25, 0.3) is 0 Å². The van der Waals surface area contributed by atoms with Crippen LogP contribution in [0, 0.1) is 12.7 Å². The molecule has 19 heavy (non-hydrogen) atoms. The Morgan fingerprint density at radius 2 is 2.11 bits per heavy atom. The second-order valence-electron chi connectivity index (χ2n) is 4.06. The molecule has 0 atom stereocenters. The third kappa shape index (κ3) is 4.84. The number of methoxy groups -OCH3 is 1. The lowest BCUT2D eigenvalue weighted by Crippen LogP contribution is -2.28. The number of hydrogen-bond donors (Lipinski definition) is 2. The van der Waals surface area contributed by atoms with E-state index in [1.54, 1.807) is 14.0 Å². The molecule has 0 saturated heterocycles. The van der Waals surface area contributed by atoms with Gasteiger partial charge in [0.1, 0.15) is 5.82 Å². The Bertz CT molecular complexity index is 438. The number of ether oxygens (including phenoxy) is 2. The molecule has 0 heterocycles. The van der Waals surface area contributed by atoms with E-state index in [9.17, 15) is 9.18 Å². The van der Waals surface area contributed by atoms with Gasteiger partial charge in [-0.2, -0.15) is 0 Å². The van der Waals surface area contributed by atoms with Crippen molar-refractivity contribution in [1.82, 2.24) is 5.32 Å². The predicted molar refractivity (Wildman–Crippen MR) is 70.6 cm³/mol. The summed E-state index contributed by atoms with van der Waals surface area (Å²) in [6.07, 6.45) is 0. The number of benzene rings is 1. The Morgan fingerprint density at radius 3 is 2.79 bits per heavy atom. The van der Waals surface area contributed by atoms with E-state index in [-0.39, 0.29) is 5.56 Å². The van der Waals surface area contributed by atoms with E-state index in [1.165, 1.54) is 12.1 Å². The molecule has 1 aromatic carbocycles. The van der Waals surface area contributed by atoms with Crippen LogP contribution in [0.5, 0.6) is 0 Å². The summed E-state index contributed by atoms with van der Waals surface area (Å²) in [5.74, 6) is -1.05. The summed E-state index contributed by atoms with van der Waals surface area (Å²) >= 11 is 0. The average molecular weight is 270 g/mol. The third-order valence-corrected chi connectivity index (χ3v) is 2.49. The Labute approximate surface area is 111 Å². The van der Waals surface area contributed by atoms with Crippen molar-refractivity contribution in [2.75, 3.05) is 39.2 Å². The van der Waals surface area contributed by atoms with Crippen LogP contribution in [0.4, 0.5) is 10.1 Å². The summed E-state index contributed by atoms with van der Waals surface area (Å²) in [6, 6.07) is 2.81. The molecule has 0 aliphatic carbocycles. The van der Waals surface area contributed by atoms with Gasteiger partial charge in [-0.25, -0.2) is 4.39 Å². The number of anilines is 1. The lowest BCUT2D eigenvalue weighted by atomic mass is 10.1. The van der Waals surface area contributed by atoms with Gasteiger partial charge in [0.15, 0.2) is 0 Å². The number of nitrogen functional groups attached to an aromatic ring is 1. The molecule has 0 unspecified atom stereocenters. The van der Waals surface area contributed by atoms with Gasteiger partial charge >= 0.3 is 0 Å². The van der Waals surface area contributed by atoms with Gasteiger partial charge in [-0.05, 0) is 24.6 Å². The first-order valence-corrected chi connectivity index (χ1v) is 5.96. The van der Waals surface area contributed by atoms with Gasteiger partial charge in [-0.15, -0.1) is 0 Å². The largest absolute Gasteiger partial charge is 0.399 e. The number of aryl methyl sites for hydroxylation is 1. The standard InChI is InChI=1S/C13H19FN2O3/c1-9-7-10(15)8-11(12(9)14)13(17)16-3-4-19-6-5-18-2/h7-8H,3-6,15H2,1-2H3,(H,16,17). The highest BCUT2D eigenvalue weighted by Crippen LogP contribution is 2.16. The highest BCUT2D eigenvalue weighted by Gasteiger charge is 2.14. The fourth-order valence-electron chi connectivity index (χ4n) is 1.54. The zero-order valence-corrected chi connectivity index (χ0v) is 11.2. The van der Waals surface area contributed by atoms with Crippen LogP contribution in [0.15, 0.2) is 12.1 Å².